The minimum atomic E-state index is -0.750. The van der Waals surface area contributed by atoms with E-state index in [1.54, 1.807) is 6.07 Å². The van der Waals surface area contributed by atoms with Gasteiger partial charge in [0.25, 0.3) is 0 Å². The number of thiophene rings is 1. The molecule has 1 unspecified atom stereocenters. The lowest BCUT2D eigenvalue weighted by atomic mass is 10.2. The van der Waals surface area contributed by atoms with Gasteiger partial charge in [-0.25, -0.2) is 0 Å². The van der Waals surface area contributed by atoms with Gasteiger partial charge in [0, 0.05) is 4.88 Å². The summed E-state index contributed by atoms with van der Waals surface area (Å²) in [6.07, 6.45) is -0.738. The minimum Gasteiger partial charge on any atom is -0.460 e. The maximum Gasteiger partial charge on any atom is 0.309 e. The van der Waals surface area contributed by atoms with E-state index < -0.39 is 11.7 Å². The number of ether oxygens (including phenoxy) is 1. The SMILES string of the molecule is CC(C)(C)OC(=O)CC(O)c1cccs1. The molecule has 1 rings (SSSR count). The highest BCUT2D eigenvalue weighted by molar-refractivity contribution is 7.10. The Hall–Kier alpha value is -0.870. The molecular weight excluding hydrogens is 212 g/mol. The Balaban J connectivity index is 2.45. The predicted molar refractivity (Wildman–Crippen MR) is 59.7 cm³/mol. The molecule has 0 radical (unpaired) electrons. The van der Waals surface area contributed by atoms with Gasteiger partial charge in [-0.15, -0.1) is 11.3 Å². The van der Waals surface area contributed by atoms with Gasteiger partial charge >= 0.3 is 5.97 Å². The maximum atomic E-state index is 11.4. The van der Waals surface area contributed by atoms with Gasteiger partial charge in [0.15, 0.2) is 0 Å². The molecule has 0 fully saturated rings. The first-order valence-corrected chi connectivity index (χ1v) is 5.70. The molecule has 84 valence electrons. The highest BCUT2D eigenvalue weighted by atomic mass is 32.1. The van der Waals surface area contributed by atoms with Crippen molar-refractivity contribution in [3.63, 3.8) is 0 Å². The van der Waals surface area contributed by atoms with Crippen LogP contribution in [0.25, 0.3) is 0 Å². The zero-order valence-electron chi connectivity index (χ0n) is 9.19. The average molecular weight is 228 g/mol. The molecule has 4 heteroatoms. The number of esters is 1. The Morgan fingerprint density at radius 2 is 2.27 bits per heavy atom. The van der Waals surface area contributed by atoms with E-state index >= 15 is 0 Å². The van der Waals surface area contributed by atoms with E-state index in [4.69, 9.17) is 4.74 Å². The van der Waals surface area contributed by atoms with Crippen LogP contribution < -0.4 is 0 Å². The minimum absolute atomic E-state index is 0.0117. The highest BCUT2D eigenvalue weighted by Gasteiger charge is 2.20. The van der Waals surface area contributed by atoms with E-state index in [-0.39, 0.29) is 12.4 Å². The van der Waals surface area contributed by atoms with Gasteiger partial charge in [-0.1, -0.05) is 6.07 Å². The van der Waals surface area contributed by atoms with Crippen LogP contribution in [0.4, 0.5) is 0 Å². The fourth-order valence-corrected chi connectivity index (χ4v) is 1.83. The predicted octanol–water partition coefficient (Wildman–Crippen LogP) is 2.51. The number of hydrogen-bond donors (Lipinski definition) is 1. The van der Waals surface area contributed by atoms with Gasteiger partial charge in [-0.2, -0.15) is 0 Å². The molecule has 0 bridgehead atoms. The summed E-state index contributed by atoms with van der Waals surface area (Å²) in [5, 5.41) is 11.6. The van der Waals surface area contributed by atoms with Gasteiger partial charge in [-0.3, -0.25) is 4.79 Å². The number of rotatable bonds is 3. The first kappa shape index (κ1) is 12.2. The largest absolute Gasteiger partial charge is 0.460 e. The summed E-state index contributed by atoms with van der Waals surface area (Å²) in [5.41, 5.74) is -0.494. The van der Waals surface area contributed by atoms with E-state index in [9.17, 15) is 9.90 Å². The molecule has 0 saturated carbocycles. The molecule has 0 aliphatic heterocycles. The van der Waals surface area contributed by atoms with Crippen LogP contribution in [0.1, 0.15) is 38.2 Å². The normalized spacial score (nSPS) is 13.6. The van der Waals surface area contributed by atoms with E-state index in [1.807, 2.05) is 32.2 Å². The summed E-state index contributed by atoms with van der Waals surface area (Å²) in [6.45, 7) is 5.42. The second-order valence-corrected chi connectivity index (χ2v) is 5.30. The molecule has 0 aromatic carbocycles. The van der Waals surface area contributed by atoms with Crippen LogP contribution in [-0.2, 0) is 9.53 Å². The number of carbonyl (C=O) groups is 1. The second-order valence-electron chi connectivity index (χ2n) is 4.32. The zero-order valence-corrected chi connectivity index (χ0v) is 10.0. The van der Waals surface area contributed by atoms with Crippen LogP contribution in [0.5, 0.6) is 0 Å². The van der Waals surface area contributed by atoms with E-state index in [2.05, 4.69) is 0 Å². The summed E-state index contributed by atoms with van der Waals surface area (Å²) in [6, 6.07) is 3.65. The van der Waals surface area contributed by atoms with E-state index in [0.29, 0.717) is 0 Å². The lowest BCUT2D eigenvalue weighted by Gasteiger charge is -2.20. The van der Waals surface area contributed by atoms with E-state index in [1.165, 1.54) is 11.3 Å². The molecule has 0 spiro atoms. The van der Waals surface area contributed by atoms with Crippen LogP contribution in [0.15, 0.2) is 17.5 Å². The molecule has 3 nitrogen and oxygen atoms in total. The fraction of sp³-hybridized carbons (Fsp3) is 0.545. The quantitative estimate of drug-likeness (QED) is 0.809. The van der Waals surface area contributed by atoms with Crippen LogP contribution >= 0.6 is 11.3 Å². The molecule has 0 aliphatic carbocycles. The van der Waals surface area contributed by atoms with Crippen LogP contribution in [-0.4, -0.2) is 16.7 Å². The summed E-state index contributed by atoms with van der Waals surface area (Å²) in [4.78, 5) is 12.2. The summed E-state index contributed by atoms with van der Waals surface area (Å²) < 4.78 is 5.11. The Morgan fingerprint density at radius 1 is 1.60 bits per heavy atom. The van der Waals surface area contributed by atoms with Crippen molar-refractivity contribution in [1.82, 2.24) is 0 Å². The third-order valence-electron chi connectivity index (χ3n) is 1.65. The van der Waals surface area contributed by atoms with Crippen molar-refractivity contribution in [2.75, 3.05) is 0 Å². The Kier molecular flexibility index (Phi) is 3.88. The van der Waals surface area contributed by atoms with Crippen molar-refractivity contribution < 1.29 is 14.6 Å². The summed E-state index contributed by atoms with van der Waals surface area (Å²) in [7, 11) is 0. The molecule has 15 heavy (non-hydrogen) atoms. The van der Waals surface area contributed by atoms with Gasteiger partial charge in [-0.05, 0) is 32.2 Å². The maximum absolute atomic E-state index is 11.4. The van der Waals surface area contributed by atoms with Crippen molar-refractivity contribution in [1.29, 1.82) is 0 Å². The van der Waals surface area contributed by atoms with Gasteiger partial charge in [0.05, 0.1) is 12.5 Å². The molecular formula is C11H16O3S. The highest BCUT2D eigenvalue weighted by Crippen LogP contribution is 2.22. The molecule has 1 aromatic heterocycles. The number of aliphatic hydroxyl groups is 1. The third kappa shape index (κ3) is 4.44. The molecule has 1 heterocycles. The molecule has 0 saturated heterocycles. The van der Waals surface area contributed by atoms with Gasteiger partial charge < -0.3 is 9.84 Å². The van der Waals surface area contributed by atoms with Crippen LogP contribution in [0.2, 0.25) is 0 Å². The number of aliphatic hydroxyl groups excluding tert-OH is 1. The van der Waals surface area contributed by atoms with Gasteiger partial charge in [0.2, 0.25) is 0 Å². The van der Waals surface area contributed by atoms with Crippen molar-refractivity contribution in [2.45, 2.75) is 38.9 Å². The average Bonchev–Trinajstić information content (AvgIpc) is 2.50. The van der Waals surface area contributed by atoms with Gasteiger partial charge in [0.1, 0.15) is 5.60 Å². The zero-order chi connectivity index (χ0) is 11.5. The van der Waals surface area contributed by atoms with Crippen molar-refractivity contribution in [3.8, 4) is 0 Å². The Morgan fingerprint density at radius 3 is 2.73 bits per heavy atom. The monoisotopic (exact) mass is 228 g/mol. The molecule has 1 aromatic rings. The number of hydrogen-bond acceptors (Lipinski definition) is 4. The smallest absolute Gasteiger partial charge is 0.309 e. The molecule has 0 aliphatic rings. The third-order valence-corrected chi connectivity index (χ3v) is 2.63. The van der Waals surface area contributed by atoms with E-state index in [0.717, 1.165) is 4.88 Å². The Bertz CT molecular complexity index is 311. The summed E-state index contributed by atoms with van der Waals surface area (Å²) in [5.74, 6) is -0.372. The topological polar surface area (TPSA) is 46.5 Å². The van der Waals surface area contributed by atoms with Crippen molar-refractivity contribution in [3.05, 3.63) is 22.4 Å². The lowest BCUT2D eigenvalue weighted by molar-refractivity contribution is -0.157. The lowest BCUT2D eigenvalue weighted by Crippen LogP contribution is -2.24. The first-order valence-electron chi connectivity index (χ1n) is 4.82. The molecule has 1 N–H and O–H groups in total. The first-order chi connectivity index (χ1) is 6.88. The molecule has 1 atom stereocenters. The van der Waals surface area contributed by atoms with Crippen LogP contribution in [0.3, 0.4) is 0 Å². The number of carbonyl (C=O) groups excluding carboxylic acids is 1. The molecule has 0 amide bonds. The summed E-state index contributed by atoms with van der Waals surface area (Å²) >= 11 is 1.43. The second kappa shape index (κ2) is 4.77. The van der Waals surface area contributed by atoms with Crippen molar-refractivity contribution >= 4 is 17.3 Å². The standard InChI is InChI=1S/C11H16O3S/c1-11(2,3)14-10(13)7-8(12)9-5-4-6-15-9/h4-6,8,12H,7H2,1-3H3. The Labute approximate surface area is 93.7 Å². The van der Waals surface area contributed by atoms with Crippen molar-refractivity contribution in [2.24, 2.45) is 0 Å². The van der Waals surface area contributed by atoms with Crippen LogP contribution in [0, 0.1) is 0 Å². The fourth-order valence-electron chi connectivity index (χ4n) is 1.12.